The molecule has 2 aliphatic heterocycles. The van der Waals surface area contributed by atoms with E-state index in [1.54, 1.807) is 31.4 Å². The zero-order chi connectivity index (χ0) is 32.1. The summed E-state index contributed by atoms with van der Waals surface area (Å²) < 4.78 is 34.7. The third-order valence-electron chi connectivity index (χ3n) is 8.97. The fourth-order valence-corrected chi connectivity index (χ4v) is 7.45. The SMILES string of the molecule is CCCCN1C(=O)C(CC(C)C)NC(=O)C12CCN(Cc1c(C)nn(-c3ccc(S(=O)(=O)NCCCOC)cc3)c1C)CC2. The summed E-state index contributed by atoms with van der Waals surface area (Å²) in [7, 11) is -2.02. The normalized spacial score (nSPS) is 19.2. The number of carbonyl (C=O) groups is 2. The van der Waals surface area contributed by atoms with Gasteiger partial charge in [0.25, 0.3) is 0 Å². The highest BCUT2D eigenvalue weighted by molar-refractivity contribution is 7.89. The molecular weight excluding hydrogens is 580 g/mol. The standard InChI is InChI=1S/C32H50N6O5S/c1-7-8-17-37-30(39)29(21-23(2)3)34-31(40)32(37)14-18-36(19-15-32)22-28-24(4)35-38(25(28)5)26-10-12-27(13-11-26)44(41,42)33-16-9-20-43-6/h10-13,23,29,33H,7-9,14-22H2,1-6H3,(H,34,40). The lowest BCUT2D eigenvalue weighted by Crippen LogP contribution is -2.73. The minimum atomic E-state index is -3.60. The Hall–Kier alpha value is -2.80. The molecule has 0 aliphatic carbocycles. The van der Waals surface area contributed by atoms with Crippen LogP contribution >= 0.6 is 0 Å². The summed E-state index contributed by atoms with van der Waals surface area (Å²) in [6, 6.07) is 6.30. The van der Waals surface area contributed by atoms with Gasteiger partial charge in [-0.3, -0.25) is 14.5 Å². The highest BCUT2D eigenvalue weighted by Crippen LogP contribution is 2.35. The van der Waals surface area contributed by atoms with E-state index in [2.05, 4.69) is 35.7 Å². The molecule has 11 nitrogen and oxygen atoms in total. The molecule has 244 valence electrons. The van der Waals surface area contributed by atoms with Crippen LogP contribution in [0, 0.1) is 19.8 Å². The molecule has 2 N–H and O–H groups in total. The summed E-state index contributed by atoms with van der Waals surface area (Å²) >= 11 is 0. The van der Waals surface area contributed by atoms with Crippen LogP contribution in [0.3, 0.4) is 0 Å². The zero-order valence-corrected chi connectivity index (χ0v) is 28.0. The molecule has 2 aromatic rings. The number of aromatic nitrogens is 2. The van der Waals surface area contributed by atoms with Crippen LogP contribution < -0.4 is 10.0 Å². The van der Waals surface area contributed by atoms with Crippen LogP contribution in [0.15, 0.2) is 29.2 Å². The maximum Gasteiger partial charge on any atom is 0.246 e. The summed E-state index contributed by atoms with van der Waals surface area (Å²) in [6.45, 7) is 13.8. The van der Waals surface area contributed by atoms with Gasteiger partial charge < -0.3 is 15.0 Å². The quantitative estimate of drug-likeness (QED) is 0.307. The Balaban J connectivity index is 1.44. The summed E-state index contributed by atoms with van der Waals surface area (Å²) in [5.74, 6) is 0.378. The van der Waals surface area contributed by atoms with E-state index in [1.165, 1.54) is 0 Å². The van der Waals surface area contributed by atoms with Crippen molar-refractivity contribution in [2.45, 2.75) is 96.2 Å². The number of likely N-dealkylation sites (tertiary alicyclic amines) is 1. The molecule has 1 aromatic carbocycles. The number of carbonyl (C=O) groups excluding carboxylic acids is 2. The first-order valence-electron chi connectivity index (χ1n) is 15.9. The maximum atomic E-state index is 13.6. The van der Waals surface area contributed by atoms with E-state index in [4.69, 9.17) is 9.84 Å². The molecule has 1 aromatic heterocycles. The number of sulfonamides is 1. The lowest BCUT2D eigenvalue weighted by Gasteiger charge is -2.52. The molecule has 2 amide bonds. The van der Waals surface area contributed by atoms with Crippen molar-refractivity contribution in [1.82, 2.24) is 29.6 Å². The number of amides is 2. The Morgan fingerprint density at radius 1 is 1.11 bits per heavy atom. The van der Waals surface area contributed by atoms with Gasteiger partial charge in [0, 0.05) is 57.7 Å². The average molecular weight is 631 g/mol. The maximum absolute atomic E-state index is 13.6. The van der Waals surface area contributed by atoms with Gasteiger partial charge in [-0.05, 0) is 76.1 Å². The van der Waals surface area contributed by atoms with Crippen molar-refractivity contribution in [1.29, 1.82) is 0 Å². The Morgan fingerprint density at radius 2 is 1.80 bits per heavy atom. The number of methoxy groups -OCH3 is 1. The van der Waals surface area contributed by atoms with Crippen LogP contribution in [0.4, 0.5) is 0 Å². The van der Waals surface area contributed by atoms with Crippen LogP contribution in [0.25, 0.3) is 5.69 Å². The Labute approximate surface area is 262 Å². The third-order valence-corrected chi connectivity index (χ3v) is 10.4. The third kappa shape index (κ3) is 7.35. The molecule has 2 aliphatic rings. The molecule has 0 saturated carbocycles. The Kier molecular flexibility index (Phi) is 11.3. The van der Waals surface area contributed by atoms with Crippen LogP contribution in [-0.4, -0.2) is 91.3 Å². The van der Waals surface area contributed by atoms with E-state index in [9.17, 15) is 18.0 Å². The van der Waals surface area contributed by atoms with Crippen molar-refractivity contribution in [3.8, 4) is 5.69 Å². The number of piperazine rings is 1. The molecule has 44 heavy (non-hydrogen) atoms. The largest absolute Gasteiger partial charge is 0.385 e. The van der Waals surface area contributed by atoms with Crippen molar-refractivity contribution in [3.63, 3.8) is 0 Å². The molecule has 1 atom stereocenters. The van der Waals surface area contributed by atoms with Gasteiger partial charge in [-0.15, -0.1) is 0 Å². The molecule has 12 heteroatoms. The number of piperidine rings is 1. The minimum absolute atomic E-state index is 0.00526. The summed E-state index contributed by atoms with van der Waals surface area (Å²) in [4.78, 5) is 31.6. The van der Waals surface area contributed by atoms with Gasteiger partial charge in [0.15, 0.2) is 0 Å². The predicted octanol–water partition coefficient (Wildman–Crippen LogP) is 3.31. The van der Waals surface area contributed by atoms with Gasteiger partial charge in [-0.2, -0.15) is 5.10 Å². The average Bonchev–Trinajstić information content (AvgIpc) is 3.27. The van der Waals surface area contributed by atoms with Crippen LogP contribution in [0.2, 0.25) is 0 Å². The molecule has 0 bridgehead atoms. The number of ether oxygens (including phenoxy) is 1. The second kappa shape index (κ2) is 14.5. The predicted molar refractivity (Wildman–Crippen MR) is 170 cm³/mol. The summed E-state index contributed by atoms with van der Waals surface area (Å²) in [5, 5.41) is 7.87. The van der Waals surface area contributed by atoms with Crippen molar-refractivity contribution < 1.29 is 22.7 Å². The van der Waals surface area contributed by atoms with E-state index < -0.39 is 21.6 Å². The molecule has 3 heterocycles. The number of hydrogen-bond acceptors (Lipinski definition) is 7. The molecule has 0 radical (unpaired) electrons. The molecule has 4 rings (SSSR count). The van der Waals surface area contributed by atoms with Crippen LogP contribution in [-0.2, 0) is 30.9 Å². The lowest BCUT2D eigenvalue weighted by molar-refractivity contribution is -0.161. The molecule has 2 fully saturated rings. The second-order valence-corrected chi connectivity index (χ2v) is 14.4. The number of nitrogens with one attached hydrogen (secondary N) is 2. The Bertz CT molecular complexity index is 1400. The van der Waals surface area contributed by atoms with Crippen LogP contribution in [0.1, 0.15) is 76.2 Å². The van der Waals surface area contributed by atoms with E-state index in [0.29, 0.717) is 70.9 Å². The Morgan fingerprint density at radius 3 is 2.41 bits per heavy atom. The number of aryl methyl sites for hydroxylation is 1. The van der Waals surface area contributed by atoms with Crippen molar-refractivity contribution in [3.05, 3.63) is 41.2 Å². The molecule has 1 spiro atoms. The smallest absolute Gasteiger partial charge is 0.246 e. The van der Waals surface area contributed by atoms with Gasteiger partial charge in [-0.25, -0.2) is 17.8 Å². The molecular formula is C32H50N6O5S. The van der Waals surface area contributed by atoms with E-state index in [1.807, 2.05) is 23.4 Å². The van der Waals surface area contributed by atoms with Crippen LogP contribution in [0.5, 0.6) is 0 Å². The topological polar surface area (TPSA) is 126 Å². The summed E-state index contributed by atoms with van der Waals surface area (Å²) in [6.07, 6.45) is 4.31. The summed E-state index contributed by atoms with van der Waals surface area (Å²) in [5.41, 5.74) is 3.01. The van der Waals surface area contributed by atoms with E-state index >= 15 is 0 Å². The minimum Gasteiger partial charge on any atom is -0.385 e. The number of nitrogens with zero attached hydrogens (tertiary/aromatic N) is 4. The van der Waals surface area contributed by atoms with E-state index in [0.717, 1.165) is 35.5 Å². The zero-order valence-electron chi connectivity index (χ0n) is 27.2. The molecule has 1 unspecified atom stereocenters. The number of benzene rings is 1. The molecule has 2 saturated heterocycles. The highest BCUT2D eigenvalue weighted by Gasteiger charge is 2.53. The lowest BCUT2D eigenvalue weighted by atomic mass is 9.80. The number of rotatable bonds is 14. The fraction of sp³-hybridized carbons (Fsp3) is 0.656. The fourth-order valence-electron chi connectivity index (χ4n) is 6.38. The van der Waals surface area contributed by atoms with Crippen molar-refractivity contribution >= 4 is 21.8 Å². The number of unbranched alkanes of at least 4 members (excludes halogenated alkanes) is 1. The van der Waals surface area contributed by atoms with Crippen molar-refractivity contribution in [2.75, 3.05) is 39.9 Å². The second-order valence-electron chi connectivity index (χ2n) is 12.6. The van der Waals surface area contributed by atoms with Gasteiger partial charge in [0.1, 0.15) is 11.6 Å². The van der Waals surface area contributed by atoms with Gasteiger partial charge >= 0.3 is 0 Å². The first-order valence-corrected chi connectivity index (χ1v) is 17.4. The highest BCUT2D eigenvalue weighted by atomic mass is 32.2. The van der Waals surface area contributed by atoms with E-state index in [-0.39, 0.29) is 16.7 Å². The first-order chi connectivity index (χ1) is 20.9. The first kappa shape index (κ1) is 34.1. The monoisotopic (exact) mass is 630 g/mol. The number of hydrogen-bond donors (Lipinski definition) is 2. The van der Waals surface area contributed by atoms with Crippen molar-refractivity contribution in [2.24, 2.45) is 5.92 Å². The van der Waals surface area contributed by atoms with Gasteiger partial charge in [0.05, 0.1) is 16.3 Å². The van der Waals surface area contributed by atoms with Gasteiger partial charge in [-0.1, -0.05) is 27.2 Å². The van der Waals surface area contributed by atoms with Gasteiger partial charge in [0.2, 0.25) is 21.8 Å².